The summed E-state index contributed by atoms with van der Waals surface area (Å²) in [6, 6.07) is 128. The number of hydrogen-bond donors (Lipinski definition) is 0. The Morgan fingerprint density at radius 1 is 0.250 bits per heavy atom. The largest absolute Gasteiger partial charge is 0.338 e. The van der Waals surface area contributed by atoms with Crippen LogP contribution in [-0.4, -0.2) is 36.5 Å². The molecule has 2 aliphatic rings. The molecule has 6 aromatic heterocycles. The van der Waals surface area contributed by atoms with Crippen LogP contribution in [0, 0.1) is 0 Å². The number of rotatable bonds is 14. The van der Waals surface area contributed by atoms with E-state index in [1.165, 1.54) is 65.5 Å². The van der Waals surface area contributed by atoms with E-state index in [2.05, 4.69) is 338 Å². The van der Waals surface area contributed by atoms with Gasteiger partial charge in [0.15, 0.2) is 0 Å². The van der Waals surface area contributed by atoms with E-state index in [9.17, 15) is 0 Å². The molecule has 23 rings (SSSR count). The van der Waals surface area contributed by atoms with Gasteiger partial charge in [-0.25, -0.2) is 9.59 Å². The minimum absolute atomic E-state index is 0.0966. The Labute approximate surface area is 666 Å². The van der Waals surface area contributed by atoms with Crippen molar-refractivity contribution in [2.75, 3.05) is 9.80 Å². The second-order valence-electron chi connectivity index (χ2n) is 30.2. The first-order chi connectivity index (χ1) is 57.4. The molecule has 116 heavy (non-hydrogen) atoms. The molecule has 0 aliphatic heterocycles. The van der Waals surface area contributed by atoms with Gasteiger partial charge in [0.2, 0.25) is 0 Å². The summed E-state index contributed by atoms with van der Waals surface area (Å²) in [6.07, 6.45) is 14.4. The van der Waals surface area contributed by atoms with Crippen molar-refractivity contribution in [3.63, 3.8) is 0 Å². The molecule has 21 aromatic rings. The molecule has 550 valence electrons. The lowest BCUT2D eigenvalue weighted by atomic mass is 10.0. The van der Waals surface area contributed by atoms with Gasteiger partial charge in [-0.15, -0.1) is 0 Å². The Morgan fingerprint density at radius 3 is 0.853 bits per heavy atom. The van der Waals surface area contributed by atoms with Crippen LogP contribution >= 0.6 is 0 Å². The van der Waals surface area contributed by atoms with Crippen LogP contribution in [0.2, 0.25) is 0 Å². The number of benzene rings is 15. The first-order valence-electron chi connectivity index (χ1n) is 39.7. The summed E-state index contributed by atoms with van der Waals surface area (Å²) in [4.78, 5) is 35.5. The van der Waals surface area contributed by atoms with Gasteiger partial charge in [-0.1, -0.05) is 170 Å². The van der Waals surface area contributed by atoms with Gasteiger partial charge >= 0.3 is 11.4 Å². The van der Waals surface area contributed by atoms with Crippen LogP contribution in [0.25, 0.3) is 144 Å². The van der Waals surface area contributed by atoms with Crippen LogP contribution in [0.15, 0.2) is 404 Å². The molecule has 0 bridgehead atoms. The number of anilines is 5. The first kappa shape index (κ1) is 66.4. The molecule has 1 atom stereocenters. The minimum atomic E-state index is -0.221. The van der Waals surface area contributed by atoms with E-state index < -0.39 is 0 Å². The van der Waals surface area contributed by atoms with E-state index in [-0.39, 0.29) is 17.4 Å². The van der Waals surface area contributed by atoms with Crippen molar-refractivity contribution in [3.05, 3.63) is 426 Å². The van der Waals surface area contributed by atoms with Crippen molar-refractivity contribution < 1.29 is 0 Å². The predicted molar refractivity (Wildman–Crippen MR) is 478 cm³/mol. The van der Waals surface area contributed by atoms with Crippen LogP contribution in [0.5, 0.6) is 0 Å². The summed E-state index contributed by atoms with van der Waals surface area (Å²) in [5, 5.41) is 8.66. The maximum Gasteiger partial charge on any atom is 0.338 e. The van der Waals surface area contributed by atoms with Crippen LogP contribution in [0.3, 0.4) is 0 Å². The molecule has 0 fully saturated rings. The Morgan fingerprint density at radius 2 is 0.517 bits per heavy atom. The van der Waals surface area contributed by atoms with E-state index in [0.29, 0.717) is 11.4 Å². The Balaban J connectivity index is 0.573. The lowest BCUT2D eigenvalue weighted by molar-refractivity contribution is 0.643. The number of aryl methyl sites for hydroxylation is 1. The Bertz CT molecular complexity index is 7610. The molecule has 12 nitrogen and oxygen atoms in total. The molecule has 2 aliphatic carbocycles. The molecule has 15 aromatic carbocycles. The van der Waals surface area contributed by atoms with Gasteiger partial charge in [0, 0.05) is 106 Å². The summed E-state index contributed by atoms with van der Waals surface area (Å²) in [6.45, 7) is 0. The highest BCUT2D eigenvalue weighted by molar-refractivity contribution is 6.11. The predicted octanol–water partition coefficient (Wildman–Crippen LogP) is 24.8. The van der Waals surface area contributed by atoms with Gasteiger partial charge in [-0.3, -0.25) is 18.3 Å². The SMILES string of the molecule is O=c1n(-c2ccc(N(C3=CCC(n4c5ccccc5c5ccccc54)C=C3)c3ccc(-n4c5ccccc5c5ccccc54)cc3)cc2)c2ccccc2n1-c1ccc(-n2c(=O)n(-c3ccc(N(c4ccc(-n5c6c(c7ccccc75)CCC=C6)cc4)c4ccc(-n5c6ccccc6c6ccccc65)cc4)cc3)c3ccccc32)cc1. The number of nitrogens with zero attached hydrogens (tertiary/aromatic N) is 10. The topological polar surface area (TPSA) is 80.1 Å². The van der Waals surface area contributed by atoms with Crippen molar-refractivity contribution in [2.45, 2.75) is 25.3 Å². The van der Waals surface area contributed by atoms with E-state index in [1.54, 1.807) is 18.3 Å². The maximum atomic E-state index is 15.4. The van der Waals surface area contributed by atoms with Crippen LogP contribution < -0.4 is 21.2 Å². The standard InChI is InChI=1S/C104H72N10O2/c115-103-111(79-61-49-73(50-62-79)105(69-41-53-75(54-42-69)107-91-29-9-1-21-83(91)84-22-2-10-30-92(84)107)70-43-55-76(56-44-70)108-93-31-11-3-23-85(93)86-24-4-12-32-94(86)108)99-37-17-19-39-101(99)113(103)81-65-67-82(68-66-81)114-102-40-20-18-38-100(102)112(104(114)116)80-63-51-74(52-64-80)106(71-45-57-77(58-46-71)109-95-33-13-5-25-87(95)88-26-6-14-34-96(88)109)72-47-59-78(60-48-72)110-97-35-15-7-27-89(97)90-28-8-16-36-98(90)110/h1-7,9-27,29-55,57-68,76H,8,28,56H2. The van der Waals surface area contributed by atoms with Crippen LogP contribution in [-0.2, 0) is 6.42 Å². The van der Waals surface area contributed by atoms with Crippen molar-refractivity contribution in [1.29, 1.82) is 0 Å². The fraction of sp³-hybridized carbons (Fsp3) is 0.0385. The molecule has 12 heteroatoms. The van der Waals surface area contributed by atoms with E-state index in [1.807, 2.05) is 84.9 Å². The monoisotopic (exact) mass is 1490 g/mol. The number of aromatic nitrogens is 8. The zero-order chi connectivity index (χ0) is 76.6. The maximum absolute atomic E-state index is 15.4. The lowest BCUT2D eigenvalue weighted by Gasteiger charge is -2.30. The molecule has 0 N–H and O–H groups in total. The van der Waals surface area contributed by atoms with Crippen molar-refractivity contribution in [2.24, 2.45) is 0 Å². The van der Waals surface area contributed by atoms with E-state index in [4.69, 9.17) is 0 Å². The molecule has 0 saturated heterocycles. The molecule has 0 spiro atoms. The number of fused-ring (bicyclic) bond motifs is 14. The highest BCUT2D eigenvalue weighted by Crippen LogP contribution is 2.44. The second kappa shape index (κ2) is 26.7. The van der Waals surface area contributed by atoms with Gasteiger partial charge in [-0.05, 0) is 249 Å². The zero-order valence-electron chi connectivity index (χ0n) is 63.0. The Hall–Kier alpha value is -15.4. The third-order valence-corrected chi connectivity index (χ3v) is 24.0. The first-order valence-corrected chi connectivity index (χ1v) is 39.7. The van der Waals surface area contributed by atoms with Crippen molar-refractivity contribution in [1.82, 2.24) is 36.5 Å². The third-order valence-electron chi connectivity index (χ3n) is 24.0. The molecule has 0 radical (unpaired) electrons. The number of imidazole rings is 2. The minimum Gasteiger partial charge on any atom is -0.333 e. The van der Waals surface area contributed by atoms with Crippen molar-refractivity contribution >= 4 is 133 Å². The average molecular weight is 1490 g/mol. The zero-order valence-corrected chi connectivity index (χ0v) is 63.0. The summed E-state index contributed by atoms with van der Waals surface area (Å²) < 4.78 is 16.7. The molecule has 0 amide bonds. The highest BCUT2D eigenvalue weighted by Gasteiger charge is 2.27. The normalized spacial score (nSPS) is 13.6. The number of hydrogen-bond acceptors (Lipinski definition) is 4. The number of allylic oxidation sites excluding steroid dienone is 4. The molecule has 6 heterocycles. The average Bonchev–Trinajstić information content (AvgIpc) is 1.62. The van der Waals surface area contributed by atoms with Gasteiger partial charge in [-0.2, -0.15) is 0 Å². The Kier molecular flexibility index (Phi) is 15.3. The molecule has 1 unspecified atom stereocenters. The summed E-state index contributed by atoms with van der Waals surface area (Å²) in [5.74, 6) is 0. The number of para-hydroxylation sites is 11. The highest BCUT2D eigenvalue weighted by atomic mass is 16.2. The van der Waals surface area contributed by atoms with E-state index >= 15 is 9.59 Å². The van der Waals surface area contributed by atoms with Crippen LogP contribution in [0.4, 0.5) is 28.4 Å². The summed E-state index contributed by atoms with van der Waals surface area (Å²) >= 11 is 0. The van der Waals surface area contributed by atoms with Gasteiger partial charge in [0.1, 0.15) is 0 Å². The molecular formula is C104H72N10O2. The van der Waals surface area contributed by atoms with Gasteiger partial charge in [0.25, 0.3) is 0 Å². The molecular weight excluding hydrogens is 1420 g/mol. The quantitative estimate of drug-likeness (QED) is 0.109. The third kappa shape index (κ3) is 10.4. The summed E-state index contributed by atoms with van der Waals surface area (Å²) in [7, 11) is 0. The van der Waals surface area contributed by atoms with Crippen LogP contribution in [0.1, 0.15) is 30.1 Å². The fourth-order valence-electron chi connectivity index (χ4n) is 18.8. The van der Waals surface area contributed by atoms with Gasteiger partial charge in [0.05, 0.1) is 78.4 Å². The van der Waals surface area contributed by atoms with Crippen molar-refractivity contribution in [3.8, 4) is 39.8 Å². The molecule has 0 saturated carbocycles. The fourth-order valence-corrected chi connectivity index (χ4v) is 18.8. The smallest absolute Gasteiger partial charge is 0.333 e. The van der Waals surface area contributed by atoms with E-state index in [0.717, 1.165) is 126 Å². The second-order valence-corrected chi connectivity index (χ2v) is 30.2. The lowest BCUT2D eigenvalue weighted by Crippen LogP contribution is -2.23. The van der Waals surface area contributed by atoms with Gasteiger partial charge < -0.3 is 28.1 Å². The summed E-state index contributed by atoms with van der Waals surface area (Å²) in [5.41, 5.74) is 25.3.